The van der Waals surface area contributed by atoms with Gasteiger partial charge in [-0.2, -0.15) is 0 Å². The molecule has 0 unspecified atom stereocenters. The lowest BCUT2D eigenvalue weighted by Crippen LogP contribution is -1.96. The lowest BCUT2D eigenvalue weighted by atomic mass is 10.1. The van der Waals surface area contributed by atoms with Gasteiger partial charge in [-0.1, -0.05) is 54.6 Å². The molecule has 0 amide bonds. The van der Waals surface area contributed by atoms with Gasteiger partial charge in [0, 0.05) is 38.5 Å². The summed E-state index contributed by atoms with van der Waals surface area (Å²) in [6.07, 6.45) is 3.05. The van der Waals surface area contributed by atoms with E-state index in [1.165, 1.54) is 56.3 Å². The fourth-order valence-corrected chi connectivity index (χ4v) is 5.73. The van der Waals surface area contributed by atoms with Gasteiger partial charge in [0.1, 0.15) is 12.7 Å². The molecule has 0 saturated carbocycles. The molecule has 3 aromatic heterocycles. The van der Waals surface area contributed by atoms with Crippen molar-refractivity contribution in [2.45, 2.75) is 0 Å². The average molecular weight is 488 g/mol. The Bertz CT molecular complexity index is 2070. The second kappa shape index (κ2) is 8.11. The third-order valence-electron chi connectivity index (χ3n) is 7.37. The van der Waals surface area contributed by atoms with Gasteiger partial charge in [-0.3, -0.25) is 0 Å². The van der Waals surface area contributed by atoms with Crippen molar-refractivity contribution in [3.63, 3.8) is 0 Å². The average Bonchev–Trinajstić information content (AvgIpc) is 3.50. The van der Waals surface area contributed by atoms with Crippen LogP contribution in [0.25, 0.3) is 66.4 Å². The van der Waals surface area contributed by atoms with Crippen LogP contribution >= 0.6 is 0 Å². The Labute approximate surface area is 218 Å². The summed E-state index contributed by atoms with van der Waals surface area (Å²) in [7, 11) is 0. The molecule has 5 nitrogen and oxygen atoms in total. The van der Waals surface area contributed by atoms with Crippen LogP contribution in [0.5, 0.6) is 0 Å². The van der Waals surface area contributed by atoms with Crippen molar-refractivity contribution in [3.05, 3.63) is 128 Å². The molecule has 8 aromatic rings. The summed E-state index contributed by atoms with van der Waals surface area (Å²) in [4.78, 5) is 12.5. The van der Waals surface area contributed by atoms with Crippen LogP contribution < -0.4 is 0 Å². The van der Waals surface area contributed by atoms with Crippen LogP contribution in [0.3, 0.4) is 0 Å². The zero-order valence-corrected chi connectivity index (χ0v) is 20.4. The number of hydrogen-bond donors (Lipinski definition) is 0. The second-order valence-corrected chi connectivity index (χ2v) is 9.43. The Morgan fingerprint density at radius 1 is 0.421 bits per heavy atom. The predicted molar refractivity (Wildman–Crippen MR) is 154 cm³/mol. The van der Waals surface area contributed by atoms with Gasteiger partial charge in [0.15, 0.2) is 5.82 Å². The zero-order chi connectivity index (χ0) is 25.1. The van der Waals surface area contributed by atoms with Crippen molar-refractivity contribution in [1.29, 1.82) is 0 Å². The van der Waals surface area contributed by atoms with E-state index in [1.807, 2.05) is 0 Å². The summed E-state index contributed by atoms with van der Waals surface area (Å²) in [6.45, 7) is 0. The van der Waals surface area contributed by atoms with E-state index >= 15 is 0 Å². The maximum atomic E-state index is 4.29. The highest BCUT2D eigenvalue weighted by Crippen LogP contribution is 2.36. The van der Waals surface area contributed by atoms with Gasteiger partial charge in [0.2, 0.25) is 0 Å². The molecule has 0 saturated heterocycles. The van der Waals surface area contributed by atoms with Crippen LogP contribution in [-0.4, -0.2) is 24.1 Å². The lowest BCUT2D eigenvalue weighted by molar-refractivity contribution is 1.05. The van der Waals surface area contributed by atoms with E-state index in [4.69, 9.17) is 0 Å². The summed E-state index contributed by atoms with van der Waals surface area (Å²) in [5.74, 6) is 0.671. The molecule has 0 aliphatic carbocycles. The van der Waals surface area contributed by atoms with Crippen LogP contribution in [0, 0.1) is 0 Å². The Kier molecular flexibility index (Phi) is 4.45. The van der Waals surface area contributed by atoms with Crippen molar-refractivity contribution in [3.8, 4) is 22.8 Å². The van der Waals surface area contributed by atoms with Gasteiger partial charge < -0.3 is 9.13 Å². The second-order valence-electron chi connectivity index (χ2n) is 9.43. The third-order valence-corrected chi connectivity index (χ3v) is 7.37. The molecule has 5 aromatic carbocycles. The first-order chi connectivity index (χ1) is 18.9. The van der Waals surface area contributed by atoms with Crippen LogP contribution in [0.4, 0.5) is 0 Å². The fraction of sp³-hybridized carbons (Fsp3) is 0. The van der Waals surface area contributed by atoms with Gasteiger partial charge in [0.05, 0.1) is 22.1 Å². The molecular formula is C33H21N5. The fourth-order valence-electron chi connectivity index (χ4n) is 5.73. The molecule has 0 atom stereocenters. The van der Waals surface area contributed by atoms with E-state index in [1.54, 1.807) is 0 Å². The predicted octanol–water partition coefficient (Wildman–Crippen LogP) is 7.73. The topological polar surface area (TPSA) is 48.5 Å². The largest absolute Gasteiger partial charge is 0.309 e. The van der Waals surface area contributed by atoms with E-state index in [9.17, 15) is 0 Å². The molecule has 0 aliphatic heterocycles. The molecule has 0 N–H and O–H groups in total. The van der Waals surface area contributed by atoms with Gasteiger partial charge in [-0.15, -0.1) is 0 Å². The Hall–Kier alpha value is -5.29. The van der Waals surface area contributed by atoms with Crippen molar-refractivity contribution >= 4 is 43.6 Å². The SMILES string of the molecule is c1ccc2c(c1)c1ccccc1n2-c1ccc2c(c1)c1ccccc1n2-c1ccc(-c2ncncn2)cc1. The van der Waals surface area contributed by atoms with E-state index in [0.717, 1.165) is 16.9 Å². The van der Waals surface area contributed by atoms with E-state index in [2.05, 4.69) is 139 Å². The summed E-state index contributed by atoms with van der Waals surface area (Å²) >= 11 is 0. The molecule has 0 radical (unpaired) electrons. The first-order valence-electron chi connectivity index (χ1n) is 12.6. The van der Waals surface area contributed by atoms with Crippen LogP contribution in [0.15, 0.2) is 128 Å². The maximum Gasteiger partial charge on any atom is 0.162 e. The van der Waals surface area contributed by atoms with Crippen molar-refractivity contribution in [1.82, 2.24) is 24.1 Å². The van der Waals surface area contributed by atoms with Crippen molar-refractivity contribution in [2.24, 2.45) is 0 Å². The van der Waals surface area contributed by atoms with Gasteiger partial charge in [-0.25, -0.2) is 15.0 Å². The van der Waals surface area contributed by atoms with Crippen molar-refractivity contribution < 1.29 is 0 Å². The third kappa shape index (κ3) is 3.02. The number of nitrogens with zero attached hydrogens (tertiary/aromatic N) is 5. The number of hydrogen-bond acceptors (Lipinski definition) is 3. The standard InChI is InChI=1S/C33H21N5/c1-4-10-29-25(7-1)26-8-2-5-11-30(26)38(29)24-17-18-32-28(19-24)27-9-3-6-12-31(27)37(32)23-15-13-22(14-16-23)33-35-20-34-21-36-33/h1-21H. The Balaban J connectivity index is 1.36. The van der Waals surface area contributed by atoms with Gasteiger partial charge >= 0.3 is 0 Å². The highest BCUT2D eigenvalue weighted by molar-refractivity contribution is 6.12. The summed E-state index contributed by atoms with van der Waals surface area (Å²) in [6, 6.07) is 41.1. The normalized spacial score (nSPS) is 11.7. The molecule has 3 heterocycles. The molecule has 38 heavy (non-hydrogen) atoms. The minimum atomic E-state index is 0.671. The van der Waals surface area contributed by atoms with Crippen molar-refractivity contribution in [2.75, 3.05) is 0 Å². The molecule has 5 heteroatoms. The van der Waals surface area contributed by atoms with Gasteiger partial charge in [-0.05, 0) is 60.7 Å². The Morgan fingerprint density at radius 2 is 0.895 bits per heavy atom. The number of para-hydroxylation sites is 3. The van der Waals surface area contributed by atoms with Gasteiger partial charge in [0.25, 0.3) is 0 Å². The molecule has 0 fully saturated rings. The summed E-state index contributed by atoms with van der Waals surface area (Å²) in [5.41, 5.74) is 7.99. The van der Waals surface area contributed by atoms with E-state index in [0.29, 0.717) is 5.82 Å². The highest BCUT2D eigenvalue weighted by Gasteiger charge is 2.16. The molecule has 8 rings (SSSR count). The van der Waals surface area contributed by atoms with E-state index < -0.39 is 0 Å². The monoisotopic (exact) mass is 487 g/mol. The minimum Gasteiger partial charge on any atom is -0.309 e. The summed E-state index contributed by atoms with van der Waals surface area (Å²) in [5, 5.41) is 4.99. The maximum absolute atomic E-state index is 4.29. The minimum absolute atomic E-state index is 0.671. The highest BCUT2D eigenvalue weighted by atomic mass is 15.0. The number of aromatic nitrogens is 5. The molecule has 0 aliphatic rings. The number of benzene rings is 5. The number of fused-ring (bicyclic) bond motifs is 6. The summed E-state index contributed by atoms with van der Waals surface area (Å²) < 4.78 is 4.71. The van der Waals surface area contributed by atoms with Crippen LogP contribution in [0.2, 0.25) is 0 Å². The van der Waals surface area contributed by atoms with Crippen LogP contribution in [-0.2, 0) is 0 Å². The quantitative estimate of drug-likeness (QED) is 0.256. The van der Waals surface area contributed by atoms with E-state index in [-0.39, 0.29) is 0 Å². The first kappa shape index (κ1) is 20.9. The molecule has 0 spiro atoms. The number of rotatable bonds is 3. The Morgan fingerprint density at radius 3 is 1.50 bits per heavy atom. The smallest absolute Gasteiger partial charge is 0.162 e. The lowest BCUT2D eigenvalue weighted by Gasteiger charge is -2.11. The zero-order valence-electron chi connectivity index (χ0n) is 20.4. The van der Waals surface area contributed by atoms with Crippen LogP contribution in [0.1, 0.15) is 0 Å². The molecule has 178 valence electrons. The molecular weight excluding hydrogens is 466 g/mol. The first-order valence-corrected chi connectivity index (χ1v) is 12.6. The molecule has 0 bridgehead atoms.